The summed E-state index contributed by atoms with van der Waals surface area (Å²) >= 11 is 0. The van der Waals surface area contributed by atoms with Crippen molar-refractivity contribution < 1.29 is 13.2 Å². The highest BCUT2D eigenvalue weighted by Crippen LogP contribution is 2.17. The first-order valence-corrected chi connectivity index (χ1v) is 7.78. The normalized spacial score (nSPS) is 15.9. The Labute approximate surface area is 106 Å². The van der Waals surface area contributed by atoms with Crippen molar-refractivity contribution in [1.29, 1.82) is 0 Å². The van der Waals surface area contributed by atoms with Gasteiger partial charge in [0.25, 0.3) is 0 Å². The monoisotopic (exact) mass is 265 g/mol. The third kappa shape index (κ3) is 5.84. The van der Waals surface area contributed by atoms with E-state index in [9.17, 15) is 8.42 Å². The lowest BCUT2D eigenvalue weighted by Gasteiger charge is -2.30. The summed E-state index contributed by atoms with van der Waals surface area (Å²) in [6, 6.07) is 0.214. The molecular formula is C12H27NO3S. The minimum absolute atomic E-state index is 0.193. The molecule has 1 N–H and O–H groups in total. The van der Waals surface area contributed by atoms with E-state index in [0.29, 0.717) is 6.54 Å². The van der Waals surface area contributed by atoms with E-state index in [0.717, 1.165) is 6.42 Å². The molecule has 17 heavy (non-hydrogen) atoms. The molecule has 104 valence electrons. The smallest absolute Gasteiger partial charge is 0.153 e. The summed E-state index contributed by atoms with van der Waals surface area (Å²) in [5, 5.41) is 3.26. The molecule has 4 nitrogen and oxygen atoms in total. The highest BCUT2D eigenvalue weighted by molar-refractivity contribution is 7.92. The average Bonchev–Trinajstić information content (AvgIpc) is 2.12. The van der Waals surface area contributed by atoms with Gasteiger partial charge in [-0.3, -0.25) is 0 Å². The van der Waals surface area contributed by atoms with Crippen LogP contribution in [0.2, 0.25) is 0 Å². The van der Waals surface area contributed by atoms with E-state index in [4.69, 9.17) is 4.74 Å². The summed E-state index contributed by atoms with van der Waals surface area (Å²) in [7, 11) is -1.35. The van der Waals surface area contributed by atoms with Crippen LogP contribution in [0.5, 0.6) is 0 Å². The molecule has 0 aliphatic heterocycles. The summed E-state index contributed by atoms with van der Waals surface area (Å²) in [5.74, 6) is 0. The maximum atomic E-state index is 11.5. The molecule has 0 fully saturated rings. The van der Waals surface area contributed by atoms with Gasteiger partial charge in [0.05, 0.1) is 10.3 Å². The van der Waals surface area contributed by atoms with Crippen LogP contribution in [0.3, 0.4) is 0 Å². The zero-order valence-electron chi connectivity index (χ0n) is 12.1. The lowest BCUT2D eigenvalue weighted by molar-refractivity contribution is 0.00848. The molecule has 0 rings (SSSR count). The molecule has 0 saturated heterocycles. The number of ether oxygens (including phenoxy) is 1. The summed E-state index contributed by atoms with van der Waals surface area (Å²) in [6.45, 7) is 10.0. The van der Waals surface area contributed by atoms with Crippen LogP contribution in [0.4, 0.5) is 0 Å². The van der Waals surface area contributed by atoms with Gasteiger partial charge >= 0.3 is 0 Å². The molecule has 0 bridgehead atoms. The van der Waals surface area contributed by atoms with Crippen molar-refractivity contribution in [1.82, 2.24) is 5.32 Å². The molecule has 0 aliphatic carbocycles. The van der Waals surface area contributed by atoms with Crippen LogP contribution >= 0.6 is 0 Å². The summed E-state index contributed by atoms with van der Waals surface area (Å²) in [5.41, 5.74) is -0.193. The van der Waals surface area contributed by atoms with Crippen molar-refractivity contribution in [2.24, 2.45) is 0 Å². The molecule has 0 radical (unpaired) electrons. The Morgan fingerprint density at radius 3 is 2.06 bits per heavy atom. The molecule has 5 heteroatoms. The summed E-state index contributed by atoms with van der Waals surface area (Å²) in [4.78, 5) is 0. The number of sulfone groups is 1. The number of rotatable bonds is 7. The molecule has 0 spiro atoms. The first kappa shape index (κ1) is 16.9. The van der Waals surface area contributed by atoms with Gasteiger partial charge in [-0.1, -0.05) is 0 Å². The summed E-state index contributed by atoms with van der Waals surface area (Å²) in [6.07, 6.45) is 2.11. The van der Waals surface area contributed by atoms with Crippen molar-refractivity contribution in [3.05, 3.63) is 0 Å². The zero-order chi connectivity index (χ0) is 13.9. The molecule has 0 aromatic carbocycles. The second-order valence-corrected chi connectivity index (χ2v) is 8.63. The van der Waals surface area contributed by atoms with Gasteiger partial charge in [0.2, 0.25) is 0 Å². The standard InChI is InChI=1S/C12H27NO3S/c1-10(8-11(2,3)16-6)13-9-12(4,5)17(7,14)15/h10,13H,8-9H2,1-7H3. The molecule has 0 aromatic rings. The second-order valence-electron chi connectivity index (χ2n) is 5.98. The van der Waals surface area contributed by atoms with Crippen LogP contribution in [0, 0.1) is 0 Å². The Morgan fingerprint density at radius 1 is 1.24 bits per heavy atom. The Kier molecular flexibility index (Phi) is 5.63. The van der Waals surface area contributed by atoms with Crippen molar-refractivity contribution in [2.45, 2.75) is 57.4 Å². The molecule has 0 saturated carbocycles. The molecule has 1 atom stereocenters. The van der Waals surface area contributed by atoms with Gasteiger partial charge in [-0.2, -0.15) is 0 Å². The Morgan fingerprint density at radius 2 is 1.71 bits per heavy atom. The van der Waals surface area contributed by atoms with Crippen molar-refractivity contribution >= 4 is 9.84 Å². The molecule has 0 heterocycles. The highest BCUT2D eigenvalue weighted by atomic mass is 32.2. The van der Waals surface area contributed by atoms with Gasteiger partial charge in [-0.25, -0.2) is 8.42 Å². The average molecular weight is 265 g/mol. The third-order valence-corrected chi connectivity index (χ3v) is 5.38. The van der Waals surface area contributed by atoms with Crippen molar-refractivity contribution in [2.75, 3.05) is 19.9 Å². The Balaban J connectivity index is 4.31. The van der Waals surface area contributed by atoms with Crippen molar-refractivity contribution in [3.8, 4) is 0 Å². The molecule has 0 aliphatic rings. The SMILES string of the molecule is COC(C)(C)CC(C)NCC(C)(C)S(C)(=O)=O. The van der Waals surface area contributed by atoms with E-state index >= 15 is 0 Å². The number of nitrogens with one attached hydrogen (secondary N) is 1. The first-order valence-electron chi connectivity index (χ1n) is 5.89. The van der Waals surface area contributed by atoms with E-state index < -0.39 is 14.6 Å². The van der Waals surface area contributed by atoms with Crippen LogP contribution in [0.15, 0.2) is 0 Å². The molecule has 1 unspecified atom stereocenters. The number of hydrogen-bond acceptors (Lipinski definition) is 4. The fraction of sp³-hybridized carbons (Fsp3) is 1.00. The van der Waals surface area contributed by atoms with E-state index in [-0.39, 0.29) is 11.6 Å². The van der Waals surface area contributed by atoms with Crippen LogP contribution in [0.1, 0.15) is 41.0 Å². The van der Waals surface area contributed by atoms with Gasteiger partial charge in [0, 0.05) is 26.0 Å². The van der Waals surface area contributed by atoms with Gasteiger partial charge in [0.15, 0.2) is 9.84 Å². The fourth-order valence-electron chi connectivity index (χ4n) is 1.44. The number of hydrogen-bond donors (Lipinski definition) is 1. The van der Waals surface area contributed by atoms with E-state index in [1.165, 1.54) is 6.26 Å². The zero-order valence-corrected chi connectivity index (χ0v) is 12.9. The lowest BCUT2D eigenvalue weighted by Crippen LogP contribution is -2.46. The van der Waals surface area contributed by atoms with Crippen LogP contribution in [-0.4, -0.2) is 44.7 Å². The Bertz CT molecular complexity index is 334. The third-order valence-electron chi connectivity index (χ3n) is 3.23. The van der Waals surface area contributed by atoms with Gasteiger partial charge in [0.1, 0.15) is 0 Å². The van der Waals surface area contributed by atoms with Crippen LogP contribution < -0.4 is 5.32 Å². The maximum absolute atomic E-state index is 11.5. The summed E-state index contributed by atoms with van der Waals surface area (Å²) < 4.78 is 27.7. The van der Waals surface area contributed by atoms with Crippen molar-refractivity contribution in [3.63, 3.8) is 0 Å². The lowest BCUT2D eigenvalue weighted by atomic mass is 9.99. The quantitative estimate of drug-likeness (QED) is 0.760. The minimum Gasteiger partial charge on any atom is -0.379 e. The van der Waals surface area contributed by atoms with Gasteiger partial charge in [-0.05, 0) is 41.0 Å². The highest BCUT2D eigenvalue weighted by Gasteiger charge is 2.30. The molecule has 0 aromatic heterocycles. The predicted molar refractivity (Wildman–Crippen MR) is 72.1 cm³/mol. The second kappa shape index (κ2) is 5.67. The van der Waals surface area contributed by atoms with Gasteiger partial charge in [-0.15, -0.1) is 0 Å². The van der Waals surface area contributed by atoms with Crippen LogP contribution in [0.25, 0.3) is 0 Å². The fourth-order valence-corrected chi connectivity index (χ4v) is 1.79. The first-order chi connectivity index (χ1) is 7.41. The molecular weight excluding hydrogens is 238 g/mol. The predicted octanol–water partition coefficient (Wildman–Crippen LogP) is 1.60. The number of methoxy groups -OCH3 is 1. The largest absolute Gasteiger partial charge is 0.379 e. The van der Waals surface area contributed by atoms with E-state index in [1.54, 1.807) is 21.0 Å². The topological polar surface area (TPSA) is 55.4 Å². The van der Waals surface area contributed by atoms with Gasteiger partial charge < -0.3 is 10.1 Å². The minimum atomic E-state index is -3.04. The van der Waals surface area contributed by atoms with E-state index in [1.807, 2.05) is 20.8 Å². The maximum Gasteiger partial charge on any atom is 0.153 e. The van der Waals surface area contributed by atoms with E-state index in [2.05, 4.69) is 5.32 Å². The molecule has 0 amide bonds. The Hall–Kier alpha value is -0.130. The van der Waals surface area contributed by atoms with Crippen LogP contribution in [-0.2, 0) is 14.6 Å².